The van der Waals surface area contributed by atoms with Gasteiger partial charge in [-0.3, -0.25) is 9.48 Å². The van der Waals surface area contributed by atoms with Gasteiger partial charge in [-0.2, -0.15) is 0 Å². The monoisotopic (exact) mass is 365 g/mol. The second kappa shape index (κ2) is 7.69. The minimum Gasteiger partial charge on any atom is -0.479 e. The number of aryl methyl sites for hydroxylation is 1. The number of aromatic nitrogens is 4. The maximum Gasteiger partial charge on any atom is 0.316 e. The first-order valence-corrected chi connectivity index (χ1v) is 8.45. The van der Waals surface area contributed by atoms with Gasteiger partial charge in [0.25, 0.3) is 5.91 Å². The summed E-state index contributed by atoms with van der Waals surface area (Å²) in [6.07, 6.45) is 8.01. The van der Waals surface area contributed by atoms with Crippen molar-refractivity contribution in [2.24, 2.45) is 7.05 Å². The number of hydrogen-bond acceptors (Lipinski definition) is 6. The molecule has 2 heterocycles. The first-order valence-electron chi connectivity index (χ1n) is 8.08. The fraction of sp³-hybridized carbons (Fsp3) is 0.500. The maximum atomic E-state index is 12.4. The number of carbonyl (C=O) groups excluding carboxylic acids is 1. The van der Waals surface area contributed by atoms with Gasteiger partial charge in [-0.25, -0.2) is 9.97 Å². The molecule has 2 aromatic heterocycles. The fourth-order valence-electron chi connectivity index (χ4n) is 2.87. The lowest BCUT2D eigenvalue weighted by atomic mass is 9.93. The zero-order valence-corrected chi connectivity index (χ0v) is 14.9. The summed E-state index contributed by atoms with van der Waals surface area (Å²) in [5.41, 5.74) is 0.443. The Balaban J connectivity index is 1.50. The van der Waals surface area contributed by atoms with Crippen LogP contribution >= 0.6 is 11.6 Å². The quantitative estimate of drug-likeness (QED) is 0.871. The van der Waals surface area contributed by atoms with Crippen molar-refractivity contribution in [2.45, 2.75) is 37.8 Å². The number of amides is 1. The van der Waals surface area contributed by atoms with Gasteiger partial charge in [0.05, 0.1) is 24.5 Å². The summed E-state index contributed by atoms with van der Waals surface area (Å²) >= 11 is 5.76. The van der Waals surface area contributed by atoms with Crippen LogP contribution in [0.1, 0.15) is 36.0 Å². The van der Waals surface area contributed by atoms with Crippen LogP contribution in [-0.2, 0) is 7.05 Å². The smallest absolute Gasteiger partial charge is 0.316 e. The molecule has 0 spiro atoms. The van der Waals surface area contributed by atoms with Crippen molar-refractivity contribution >= 4 is 17.5 Å². The maximum absolute atomic E-state index is 12.4. The molecule has 0 aromatic carbocycles. The molecule has 1 aliphatic carbocycles. The molecule has 1 saturated carbocycles. The van der Waals surface area contributed by atoms with Crippen molar-refractivity contribution < 1.29 is 14.3 Å². The third-order valence-electron chi connectivity index (χ3n) is 4.11. The van der Waals surface area contributed by atoms with Crippen LogP contribution in [0.25, 0.3) is 0 Å². The first-order chi connectivity index (χ1) is 12.0. The van der Waals surface area contributed by atoms with Crippen molar-refractivity contribution in [1.29, 1.82) is 0 Å². The van der Waals surface area contributed by atoms with Crippen molar-refractivity contribution in [1.82, 2.24) is 25.1 Å². The molecule has 1 aliphatic rings. The molecule has 3 rings (SSSR count). The molecule has 25 heavy (non-hydrogen) atoms. The second-order valence-corrected chi connectivity index (χ2v) is 6.41. The average Bonchev–Trinajstić information content (AvgIpc) is 3.00. The number of rotatable bonds is 5. The molecule has 0 radical (unpaired) electrons. The number of hydrogen-bond donors (Lipinski definition) is 1. The number of ether oxygens (including phenoxy) is 2. The van der Waals surface area contributed by atoms with Crippen molar-refractivity contribution in [3.05, 3.63) is 29.2 Å². The van der Waals surface area contributed by atoms with Crippen LogP contribution in [0, 0.1) is 0 Å². The van der Waals surface area contributed by atoms with Gasteiger partial charge in [-0.1, -0.05) is 11.6 Å². The Morgan fingerprint density at radius 1 is 1.28 bits per heavy atom. The minimum absolute atomic E-state index is 0.0438. The van der Waals surface area contributed by atoms with E-state index in [2.05, 4.69) is 20.4 Å². The van der Waals surface area contributed by atoms with Crippen LogP contribution in [0.3, 0.4) is 0 Å². The molecule has 9 heteroatoms. The third kappa shape index (κ3) is 4.39. The summed E-state index contributed by atoms with van der Waals surface area (Å²) in [5.74, 6) is 0.159. The SMILES string of the molecule is COc1nn(C)cc1C(=O)NC1CCC(Oc2ncc(Cl)cn2)CC1. The number of halogens is 1. The second-order valence-electron chi connectivity index (χ2n) is 5.97. The van der Waals surface area contributed by atoms with E-state index in [0.29, 0.717) is 22.5 Å². The summed E-state index contributed by atoms with van der Waals surface area (Å²) in [5, 5.41) is 7.61. The molecule has 0 saturated heterocycles. The van der Waals surface area contributed by atoms with E-state index in [4.69, 9.17) is 21.1 Å². The van der Waals surface area contributed by atoms with Gasteiger partial charge < -0.3 is 14.8 Å². The van der Waals surface area contributed by atoms with Crippen LogP contribution in [-0.4, -0.2) is 44.9 Å². The van der Waals surface area contributed by atoms with E-state index in [1.807, 2.05) is 0 Å². The van der Waals surface area contributed by atoms with Gasteiger partial charge in [0, 0.05) is 19.3 Å². The Kier molecular flexibility index (Phi) is 5.37. The van der Waals surface area contributed by atoms with Crippen LogP contribution in [0.4, 0.5) is 0 Å². The molecule has 1 amide bonds. The van der Waals surface area contributed by atoms with E-state index in [0.717, 1.165) is 25.7 Å². The zero-order chi connectivity index (χ0) is 17.8. The summed E-state index contributed by atoms with van der Waals surface area (Å²) in [4.78, 5) is 20.5. The fourth-order valence-corrected chi connectivity index (χ4v) is 2.97. The molecule has 0 aliphatic heterocycles. The standard InChI is InChI=1S/C16H20ClN5O3/c1-22-9-13(15(21-22)24-2)14(23)20-11-3-5-12(6-4-11)25-16-18-7-10(17)8-19-16/h7-9,11-12H,3-6H2,1-2H3,(H,20,23). The number of methoxy groups -OCH3 is 1. The van der Waals surface area contributed by atoms with E-state index in [1.165, 1.54) is 19.5 Å². The lowest BCUT2D eigenvalue weighted by Crippen LogP contribution is -2.39. The Morgan fingerprint density at radius 2 is 1.96 bits per heavy atom. The van der Waals surface area contributed by atoms with Gasteiger partial charge in [0.15, 0.2) is 0 Å². The minimum atomic E-state index is -0.171. The number of nitrogens with zero attached hydrogens (tertiary/aromatic N) is 4. The van der Waals surface area contributed by atoms with Crippen LogP contribution in [0.15, 0.2) is 18.6 Å². The normalized spacial score (nSPS) is 20.1. The lowest BCUT2D eigenvalue weighted by molar-refractivity contribution is 0.0882. The molecule has 0 atom stereocenters. The zero-order valence-electron chi connectivity index (χ0n) is 14.1. The predicted octanol–water partition coefficient (Wildman–Crippen LogP) is 1.99. The summed E-state index contributed by atoms with van der Waals surface area (Å²) in [7, 11) is 3.25. The highest BCUT2D eigenvalue weighted by Crippen LogP contribution is 2.23. The number of carbonyl (C=O) groups is 1. The first kappa shape index (κ1) is 17.5. The van der Waals surface area contributed by atoms with Crippen molar-refractivity contribution in [2.75, 3.05) is 7.11 Å². The number of nitrogens with one attached hydrogen (secondary N) is 1. The van der Waals surface area contributed by atoms with E-state index in [-0.39, 0.29) is 18.1 Å². The highest BCUT2D eigenvalue weighted by atomic mass is 35.5. The highest BCUT2D eigenvalue weighted by Gasteiger charge is 2.26. The van der Waals surface area contributed by atoms with Crippen molar-refractivity contribution in [3.8, 4) is 11.9 Å². The van der Waals surface area contributed by atoms with E-state index < -0.39 is 0 Å². The van der Waals surface area contributed by atoms with E-state index in [9.17, 15) is 4.79 Å². The summed E-state index contributed by atoms with van der Waals surface area (Å²) in [6, 6.07) is 0.431. The van der Waals surface area contributed by atoms with Gasteiger partial charge >= 0.3 is 6.01 Å². The Labute approximate surface area is 150 Å². The van der Waals surface area contributed by atoms with Gasteiger partial charge in [0.1, 0.15) is 11.7 Å². The molecule has 1 fully saturated rings. The molecular weight excluding hydrogens is 346 g/mol. The van der Waals surface area contributed by atoms with E-state index in [1.54, 1.807) is 17.9 Å². The molecular formula is C16H20ClN5O3. The Morgan fingerprint density at radius 3 is 2.60 bits per heavy atom. The molecule has 0 unspecified atom stereocenters. The van der Waals surface area contributed by atoms with Crippen molar-refractivity contribution in [3.63, 3.8) is 0 Å². The van der Waals surface area contributed by atoms with Gasteiger partial charge in [-0.15, -0.1) is 5.10 Å². The largest absolute Gasteiger partial charge is 0.479 e. The molecule has 8 nitrogen and oxygen atoms in total. The van der Waals surface area contributed by atoms with Crippen LogP contribution < -0.4 is 14.8 Å². The summed E-state index contributed by atoms with van der Waals surface area (Å²) in [6.45, 7) is 0. The van der Waals surface area contributed by atoms with Gasteiger partial charge in [-0.05, 0) is 25.7 Å². The Bertz CT molecular complexity index is 726. The van der Waals surface area contributed by atoms with Crippen LogP contribution in [0.2, 0.25) is 5.02 Å². The highest BCUT2D eigenvalue weighted by molar-refractivity contribution is 6.30. The van der Waals surface area contributed by atoms with Crippen LogP contribution in [0.5, 0.6) is 11.9 Å². The predicted molar refractivity (Wildman–Crippen MR) is 90.9 cm³/mol. The molecule has 134 valence electrons. The summed E-state index contributed by atoms with van der Waals surface area (Å²) < 4.78 is 12.5. The Hall–Kier alpha value is -2.35. The molecule has 1 N–H and O–H groups in total. The van der Waals surface area contributed by atoms with Gasteiger partial charge in [0.2, 0.25) is 5.88 Å². The molecule has 2 aromatic rings. The average molecular weight is 366 g/mol. The third-order valence-corrected chi connectivity index (χ3v) is 4.31. The lowest BCUT2D eigenvalue weighted by Gasteiger charge is -2.28. The topological polar surface area (TPSA) is 91.2 Å². The molecule has 0 bridgehead atoms. The van der Waals surface area contributed by atoms with E-state index >= 15 is 0 Å².